The summed E-state index contributed by atoms with van der Waals surface area (Å²) in [5, 5.41) is 3.09. The second kappa shape index (κ2) is 14.2. The average molecular weight is 512 g/mol. The molecule has 196 valence electrons. The Kier molecular flexibility index (Phi) is 11.7. The number of ether oxygens (including phenoxy) is 2. The number of benzene rings is 1. The lowest BCUT2D eigenvalue weighted by atomic mass is 9.84. The molecule has 10 heteroatoms. The van der Waals surface area contributed by atoms with Crippen LogP contribution >= 0.6 is 0 Å². The van der Waals surface area contributed by atoms with Crippen molar-refractivity contribution >= 4 is 34.3 Å². The molecule has 0 spiro atoms. The topological polar surface area (TPSA) is 97.0 Å². The van der Waals surface area contributed by atoms with Gasteiger partial charge in [-0.15, -0.1) is 0 Å². The van der Waals surface area contributed by atoms with Gasteiger partial charge in [-0.25, -0.2) is 8.60 Å². The molecule has 2 fully saturated rings. The fourth-order valence-corrected chi connectivity index (χ4v) is 4.52. The van der Waals surface area contributed by atoms with Crippen LogP contribution < -0.4 is 19.1 Å². The number of rotatable bonds is 7. The molecule has 1 aromatic carbocycles. The van der Waals surface area contributed by atoms with E-state index in [1.807, 2.05) is 19.9 Å². The molecule has 1 amide bonds. The van der Waals surface area contributed by atoms with Crippen LogP contribution in [0.25, 0.3) is 5.57 Å². The molecule has 1 unspecified atom stereocenters. The van der Waals surface area contributed by atoms with E-state index in [0.29, 0.717) is 18.7 Å². The number of hydrogen-bond acceptors (Lipinski definition) is 6. The normalized spacial score (nSPS) is 19.1. The molecule has 1 saturated carbocycles. The Labute approximate surface area is 210 Å². The Balaban J connectivity index is 0.000000463. The Bertz CT molecular complexity index is 931. The SMILES string of the molecule is CC.CC(C)C(=O)OCOc1ccc(C2=CCNC2)c(F)c1N1CC(=O)NS1=O.CCC1CCC1. The van der Waals surface area contributed by atoms with Crippen LogP contribution in [0.5, 0.6) is 5.75 Å². The first-order valence-electron chi connectivity index (χ1n) is 12.3. The number of carbonyl (C=O) groups is 2. The average Bonchev–Trinajstić information content (AvgIpc) is 3.44. The molecule has 2 N–H and O–H groups in total. The van der Waals surface area contributed by atoms with Gasteiger partial charge in [-0.2, -0.15) is 0 Å². The number of halogens is 1. The van der Waals surface area contributed by atoms with Gasteiger partial charge in [0, 0.05) is 18.7 Å². The van der Waals surface area contributed by atoms with Crippen molar-refractivity contribution in [3.8, 4) is 5.75 Å². The van der Waals surface area contributed by atoms with Crippen molar-refractivity contribution in [2.24, 2.45) is 11.8 Å². The standard InChI is InChI=1S/C17H20FN3O5S.C6H12.C2H6/c1-10(2)17(23)26-9-25-13-4-3-12(11-5-6-19-7-11)15(18)16(13)21-8-14(22)20-27(21)24;1-2-6-4-3-5-6;1-2/h3-5,10,19H,6-9H2,1-2H3,(H,20,22);6H,2-5H2,1H3;1-2H3. The highest BCUT2D eigenvalue weighted by Crippen LogP contribution is 2.37. The fraction of sp³-hybridized carbons (Fsp3) is 0.600. The van der Waals surface area contributed by atoms with Crippen LogP contribution in [0.4, 0.5) is 10.1 Å². The van der Waals surface area contributed by atoms with Crippen LogP contribution in [0.2, 0.25) is 0 Å². The summed E-state index contributed by atoms with van der Waals surface area (Å²) >= 11 is -1.92. The second-order valence-electron chi connectivity index (χ2n) is 8.53. The van der Waals surface area contributed by atoms with Gasteiger partial charge in [-0.05, 0) is 23.6 Å². The van der Waals surface area contributed by atoms with Crippen molar-refractivity contribution in [1.29, 1.82) is 0 Å². The molecule has 1 atom stereocenters. The van der Waals surface area contributed by atoms with Gasteiger partial charge in [-0.1, -0.05) is 66.4 Å². The van der Waals surface area contributed by atoms with Crippen molar-refractivity contribution in [3.63, 3.8) is 0 Å². The fourth-order valence-electron chi connectivity index (χ4n) is 3.58. The van der Waals surface area contributed by atoms with Gasteiger partial charge in [0.25, 0.3) is 5.91 Å². The number of nitrogens with one attached hydrogen (secondary N) is 2. The van der Waals surface area contributed by atoms with Gasteiger partial charge in [-0.3, -0.25) is 18.6 Å². The maximum absolute atomic E-state index is 15.3. The summed E-state index contributed by atoms with van der Waals surface area (Å²) in [5.74, 6) is -0.784. The summed E-state index contributed by atoms with van der Waals surface area (Å²) in [6.45, 7) is 10.1. The molecule has 2 heterocycles. The predicted molar refractivity (Wildman–Crippen MR) is 136 cm³/mol. The minimum atomic E-state index is -1.92. The summed E-state index contributed by atoms with van der Waals surface area (Å²) in [6.07, 6.45) is 7.79. The van der Waals surface area contributed by atoms with Crippen molar-refractivity contribution in [3.05, 3.63) is 29.6 Å². The minimum absolute atomic E-state index is 0.0317. The highest BCUT2D eigenvalue weighted by molar-refractivity contribution is 7.85. The number of hydrogen-bond donors (Lipinski definition) is 2. The molecule has 8 nitrogen and oxygen atoms in total. The van der Waals surface area contributed by atoms with E-state index in [1.165, 1.54) is 31.7 Å². The van der Waals surface area contributed by atoms with Gasteiger partial charge in [0.1, 0.15) is 12.2 Å². The molecule has 1 aromatic rings. The summed E-state index contributed by atoms with van der Waals surface area (Å²) in [6, 6.07) is 3.06. The van der Waals surface area contributed by atoms with Gasteiger partial charge in [0.05, 0.1) is 5.92 Å². The zero-order chi connectivity index (χ0) is 26.0. The summed E-state index contributed by atoms with van der Waals surface area (Å²) < 4.78 is 41.1. The summed E-state index contributed by atoms with van der Waals surface area (Å²) in [5.41, 5.74) is 0.978. The number of amides is 1. The van der Waals surface area contributed by atoms with Crippen molar-refractivity contribution in [1.82, 2.24) is 10.0 Å². The molecule has 3 aliphatic rings. The van der Waals surface area contributed by atoms with E-state index in [2.05, 4.69) is 17.0 Å². The quantitative estimate of drug-likeness (QED) is 0.423. The monoisotopic (exact) mass is 511 g/mol. The molecular weight excluding hydrogens is 473 g/mol. The lowest BCUT2D eigenvalue weighted by Crippen LogP contribution is -2.25. The Hall–Kier alpha value is -2.46. The van der Waals surface area contributed by atoms with Crippen LogP contribution in [0.3, 0.4) is 0 Å². The maximum Gasteiger partial charge on any atom is 0.311 e. The minimum Gasteiger partial charge on any atom is -0.455 e. The molecule has 0 bridgehead atoms. The smallest absolute Gasteiger partial charge is 0.311 e. The van der Waals surface area contributed by atoms with E-state index < -0.39 is 35.7 Å². The number of nitrogens with zero attached hydrogens (tertiary/aromatic N) is 1. The molecule has 2 aliphatic heterocycles. The van der Waals surface area contributed by atoms with E-state index >= 15 is 4.39 Å². The highest BCUT2D eigenvalue weighted by Gasteiger charge is 2.33. The van der Waals surface area contributed by atoms with E-state index in [1.54, 1.807) is 19.9 Å². The summed E-state index contributed by atoms with van der Waals surface area (Å²) in [7, 11) is 0. The molecular formula is C25H38FN3O5S. The van der Waals surface area contributed by atoms with Crippen molar-refractivity contribution < 1.29 is 27.7 Å². The van der Waals surface area contributed by atoms with E-state index in [4.69, 9.17) is 9.47 Å². The summed E-state index contributed by atoms with van der Waals surface area (Å²) in [4.78, 5) is 23.1. The van der Waals surface area contributed by atoms with Crippen LogP contribution in [-0.4, -0.2) is 42.5 Å². The van der Waals surface area contributed by atoms with E-state index in [0.717, 1.165) is 15.8 Å². The number of carbonyl (C=O) groups excluding carboxylic acids is 2. The molecule has 0 aromatic heterocycles. The van der Waals surface area contributed by atoms with Crippen molar-refractivity contribution in [2.75, 3.05) is 30.7 Å². The number of anilines is 1. The zero-order valence-corrected chi connectivity index (χ0v) is 22.1. The van der Waals surface area contributed by atoms with Crippen LogP contribution in [0.1, 0.15) is 65.9 Å². The van der Waals surface area contributed by atoms with Gasteiger partial charge in [0.2, 0.25) is 18.0 Å². The Morgan fingerprint density at radius 1 is 1.29 bits per heavy atom. The first kappa shape index (κ1) is 28.8. The maximum atomic E-state index is 15.3. The highest BCUT2D eigenvalue weighted by atomic mass is 32.2. The first-order chi connectivity index (χ1) is 16.8. The molecule has 1 saturated heterocycles. The molecule has 4 rings (SSSR count). The van der Waals surface area contributed by atoms with Crippen LogP contribution in [0.15, 0.2) is 18.2 Å². The molecule has 1 aliphatic carbocycles. The van der Waals surface area contributed by atoms with Crippen LogP contribution in [-0.2, 0) is 25.5 Å². The Morgan fingerprint density at radius 2 is 2.00 bits per heavy atom. The third-order valence-corrected chi connectivity index (χ3v) is 6.97. The lowest BCUT2D eigenvalue weighted by molar-refractivity contribution is -0.153. The first-order valence-corrected chi connectivity index (χ1v) is 13.4. The largest absolute Gasteiger partial charge is 0.455 e. The lowest BCUT2D eigenvalue weighted by Gasteiger charge is -2.22. The molecule has 0 radical (unpaired) electrons. The Morgan fingerprint density at radius 3 is 2.46 bits per heavy atom. The van der Waals surface area contributed by atoms with E-state index in [-0.39, 0.29) is 23.9 Å². The van der Waals surface area contributed by atoms with Crippen LogP contribution in [0, 0.1) is 17.7 Å². The second-order valence-corrected chi connectivity index (χ2v) is 9.67. The third kappa shape index (κ3) is 7.76. The third-order valence-electron chi connectivity index (χ3n) is 5.86. The van der Waals surface area contributed by atoms with Crippen molar-refractivity contribution in [2.45, 2.75) is 60.3 Å². The predicted octanol–water partition coefficient (Wildman–Crippen LogP) is 4.09. The van der Waals surface area contributed by atoms with Gasteiger partial charge >= 0.3 is 5.97 Å². The van der Waals surface area contributed by atoms with E-state index in [9.17, 15) is 13.8 Å². The zero-order valence-electron chi connectivity index (χ0n) is 21.3. The molecule has 35 heavy (non-hydrogen) atoms. The van der Waals surface area contributed by atoms with Gasteiger partial charge in [0.15, 0.2) is 11.6 Å². The number of esters is 1. The van der Waals surface area contributed by atoms with Gasteiger partial charge < -0.3 is 14.8 Å².